The Morgan fingerprint density at radius 1 is 0.733 bits per heavy atom. The number of hydrogen-bond donors (Lipinski definition) is 0. The van der Waals surface area contributed by atoms with Crippen LogP contribution in [-0.4, -0.2) is 29.9 Å². The summed E-state index contributed by atoms with van der Waals surface area (Å²) in [5.74, 6) is 1.98. The van der Waals surface area contributed by atoms with Gasteiger partial charge in [0.2, 0.25) is 0 Å². The van der Waals surface area contributed by atoms with Crippen LogP contribution in [0.1, 0.15) is 38.3 Å². The minimum Gasteiger partial charge on any atom is -0.358 e. The molecule has 6 rings (SSSR count). The van der Waals surface area contributed by atoms with Crippen LogP contribution in [0.3, 0.4) is 0 Å². The number of nitrogens with zero attached hydrogens (tertiary/aromatic N) is 8. The molecule has 0 atom stereocenters. The second-order valence-corrected chi connectivity index (χ2v) is 10.0. The zero-order valence-electron chi connectivity index (χ0n) is 25.6. The van der Waals surface area contributed by atoms with Crippen molar-refractivity contribution >= 4 is 35.1 Å². The third-order valence-corrected chi connectivity index (χ3v) is 7.06. The molecule has 2 aromatic heterocycles. The molecular weight excluding hydrogens is 610 g/mol. The Labute approximate surface area is 274 Å². The van der Waals surface area contributed by atoms with Crippen LogP contribution in [0.2, 0.25) is 0 Å². The topological polar surface area (TPSA) is 106 Å². The monoisotopic (exact) mass is 638 g/mol. The number of hydrogen-bond acceptors (Lipinski definition) is 6. The average Bonchev–Trinajstić information content (AvgIpc) is 3.67. The Morgan fingerprint density at radius 2 is 1.27 bits per heavy atom. The fourth-order valence-corrected chi connectivity index (χ4v) is 5.01. The van der Waals surface area contributed by atoms with Gasteiger partial charge in [0.15, 0.2) is 0 Å². The maximum Gasteiger partial charge on any atom is 2.00 e. The molecule has 45 heavy (non-hydrogen) atoms. The van der Waals surface area contributed by atoms with Crippen LogP contribution < -0.4 is 20.9 Å². The molecule has 8 nitrogen and oxygen atoms in total. The molecular formula is C36H30N8Zn. The van der Waals surface area contributed by atoms with Crippen LogP contribution in [0, 0.1) is 0 Å². The predicted octanol–water partition coefficient (Wildman–Crippen LogP) is 6.01. The van der Waals surface area contributed by atoms with Gasteiger partial charge in [-0.25, -0.2) is 9.97 Å². The second-order valence-electron chi connectivity index (χ2n) is 10.0. The molecule has 6 bridgehead atoms. The van der Waals surface area contributed by atoms with Gasteiger partial charge in [-0.15, -0.1) is 0 Å². The Kier molecular flexibility index (Phi) is 9.50. The predicted molar refractivity (Wildman–Crippen MR) is 178 cm³/mol. The van der Waals surface area contributed by atoms with Gasteiger partial charge in [-0.05, 0) is 37.0 Å². The van der Waals surface area contributed by atoms with Gasteiger partial charge in [-0.2, -0.15) is 0 Å². The summed E-state index contributed by atoms with van der Waals surface area (Å²) >= 11 is 0. The molecule has 0 unspecified atom stereocenters. The molecule has 9 heteroatoms. The van der Waals surface area contributed by atoms with Gasteiger partial charge >= 0.3 is 19.5 Å². The maximum atomic E-state index is 4.99. The summed E-state index contributed by atoms with van der Waals surface area (Å²) in [6.45, 7) is 13.9. The van der Waals surface area contributed by atoms with E-state index in [0.717, 1.165) is 45.4 Å². The fourth-order valence-electron chi connectivity index (χ4n) is 5.01. The first kappa shape index (κ1) is 31.3. The van der Waals surface area contributed by atoms with Crippen LogP contribution in [0.4, 0.5) is 0 Å². The first-order valence-corrected chi connectivity index (χ1v) is 14.4. The third kappa shape index (κ3) is 6.12. The molecule has 0 radical (unpaired) electrons. The molecule has 0 fully saturated rings. The van der Waals surface area contributed by atoms with E-state index in [-0.39, 0.29) is 19.5 Å². The summed E-state index contributed by atoms with van der Waals surface area (Å²) in [6, 6.07) is 15.7. The molecule has 0 aliphatic carbocycles. The molecule has 2 aliphatic heterocycles. The Morgan fingerprint density at radius 3 is 1.78 bits per heavy atom. The van der Waals surface area contributed by atoms with E-state index in [2.05, 4.69) is 26.2 Å². The smallest absolute Gasteiger partial charge is 0.358 e. The van der Waals surface area contributed by atoms with E-state index < -0.39 is 0 Å². The molecule has 0 N–H and O–H groups in total. The quantitative estimate of drug-likeness (QED) is 0.211. The van der Waals surface area contributed by atoms with Crippen molar-refractivity contribution in [1.29, 1.82) is 0 Å². The van der Waals surface area contributed by atoms with E-state index in [1.54, 1.807) is 18.2 Å². The number of allylic oxidation sites excluding steroid dienone is 4. The Bertz CT molecular complexity index is 2180. The molecule has 0 saturated carbocycles. The molecule has 0 saturated heterocycles. The van der Waals surface area contributed by atoms with Crippen LogP contribution >= 0.6 is 0 Å². The van der Waals surface area contributed by atoms with Crippen molar-refractivity contribution in [3.05, 3.63) is 108 Å². The van der Waals surface area contributed by atoms with E-state index >= 15 is 0 Å². The summed E-state index contributed by atoms with van der Waals surface area (Å²) in [7, 11) is 0. The molecule has 0 amide bonds. The molecule has 4 aromatic rings. The van der Waals surface area contributed by atoms with E-state index in [1.807, 2.05) is 80.6 Å². The van der Waals surface area contributed by atoms with E-state index in [4.69, 9.17) is 39.9 Å². The van der Waals surface area contributed by atoms with E-state index in [9.17, 15) is 0 Å². The van der Waals surface area contributed by atoms with Crippen molar-refractivity contribution < 1.29 is 19.5 Å². The van der Waals surface area contributed by atoms with Crippen molar-refractivity contribution in [2.24, 2.45) is 0 Å². The summed E-state index contributed by atoms with van der Waals surface area (Å²) in [4.78, 5) is 39.3. The van der Waals surface area contributed by atoms with Gasteiger partial charge < -0.3 is 29.9 Å². The van der Waals surface area contributed by atoms with Gasteiger partial charge in [-0.3, -0.25) is 0 Å². The number of rotatable bonds is 5. The summed E-state index contributed by atoms with van der Waals surface area (Å²) in [5, 5.41) is 0. The van der Waals surface area contributed by atoms with Crippen molar-refractivity contribution in [3.63, 3.8) is 0 Å². The van der Waals surface area contributed by atoms with Crippen molar-refractivity contribution in [3.8, 4) is 45.6 Å². The average molecular weight is 640 g/mol. The van der Waals surface area contributed by atoms with Gasteiger partial charge in [0.05, 0.1) is 23.3 Å². The molecule has 2 aromatic carbocycles. The van der Waals surface area contributed by atoms with Crippen molar-refractivity contribution in [2.75, 3.05) is 0 Å². The SMILES string of the molecule is C=C/C=c1\nc2nc(nc3[n-]c(nc4nc(n/c(=C(C)\C=C/C)[n-]1)-c1ccccc1-4)c(/C=C\CC)c3C=C)-c1ccccc1-2.[Zn+2]. The van der Waals surface area contributed by atoms with E-state index in [1.165, 1.54) is 0 Å². The normalized spacial score (nSPS) is 12.7. The third-order valence-electron chi connectivity index (χ3n) is 7.06. The van der Waals surface area contributed by atoms with Crippen molar-refractivity contribution in [1.82, 2.24) is 39.9 Å². The number of benzene rings is 2. The van der Waals surface area contributed by atoms with Crippen molar-refractivity contribution in [2.45, 2.75) is 27.2 Å². The van der Waals surface area contributed by atoms with Gasteiger partial charge in [0, 0.05) is 44.5 Å². The zero-order valence-corrected chi connectivity index (χ0v) is 28.5. The largest absolute Gasteiger partial charge is 2.00 e. The van der Waals surface area contributed by atoms with Crippen LogP contribution in [-0.2, 0) is 19.5 Å². The van der Waals surface area contributed by atoms with Gasteiger partial charge in [-0.1, -0.05) is 111 Å². The number of fused-ring (bicyclic) bond motifs is 12. The molecule has 4 heterocycles. The summed E-state index contributed by atoms with van der Waals surface area (Å²) in [5.41, 5.74) is 7.60. The van der Waals surface area contributed by atoms with Gasteiger partial charge in [0.25, 0.3) is 0 Å². The number of aromatic nitrogens is 8. The second kappa shape index (κ2) is 13.7. The van der Waals surface area contributed by atoms with E-state index in [0.29, 0.717) is 45.6 Å². The zero-order chi connectivity index (χ0) is 30.6. The Balaban J connectivity index is 0.00000400. The fraction of sp³-hybridized carbons (Fsp3) is 0.111. The summed E-state index contributed by atoms with van der Waals surface area (Å²) < 4.78 is 0. The van der Waals surface area contributed by atoms with Gasteiger partial charge in [0.1, 0.15) is 0 Å². The molecule has 216 valence electrons. The minimum atomic E-state index is 0. The summed E-state index contributed by atoms with van der Waals surface area (Å²) in [6.07, 6.45) is 13.9. The first-order chi connectivity index (χ1) is 21.5. The molecule has 0 spiro atoms. The first-order valence-electron chi connectivity index (χ1n) is 14.4. The van der Waals surface area contributed by atoms with Crippen LogP contribution in [0.5, 0.6) is 0 Å². The van der Waals surface area contributed by atoms with Crippen LogP contribution in [0.25, 0.3) is 80.6 Å². The molecule has 2 aliphatic rings. The standard InChI is InChI=1S/C36H30N8.Zn/c1-6-10-17-24-23(9-4)31-40-33(24)43-36-28-21-14-13-20-27(28)34(44-36)39-30(22(5)15-7-2)37-29(16-8-3)38-32-25-18-11-12-19-26(25)35(41-31)42-32;/h7-21H,3-4,6H2,1-2,5H3;/q-2;+2/b15-7-,17-10-,29-16-,30-22-;. The van der Waals surface area contributed by atoms with Crippen LogP contribution in [0.15, 0.2) is 86.0 Å². The maximum absolute atomic E-state index is 4.99. The minimum absolute atomic E-state index is 0. The Hall–Kier alpha value is -5.14.